The molecule has 176 valence electrons. The van der Waals surface area contributed by atoms with Crippen LogP contribution in [0.4, 0.5) is 10.2 Å². The molecule has 2 heterocycles. The Balaban J connectivity index is 1.61. The van der Waals surface area contributed by atoms with Crippen LogP contribution >= 0.6 is 11.6 Å². The molecule has 0 saturated carbocycles. The van der Waals surface area contributed by atoms with E-state index in [2.05, 4.69) is 10.5 Å². The van der Waals surface area contributed by atoms with Gasteiger partial charge in [-0.05, 0) is 68.4 Å². The maximum atomic E-state index is 13.7. The van der Waals surface area contributed by atoms with Crippen LogP contribution in [-0.2, 0) is 9.84 Å². The minimum atomic E-state index is -4.02. The smallest absolute Gasteiger partial charge is 0.206 e. The van der Waals surface area contributed by atoms with Crippen LogP contribution in [-0.4, -0.2) is 30.4 Å². The molecule has 0 saturated heterocycles. The first kappa shape index (κ1) is 22.6. The van der Waals surface area contributed by atoms with Crippen LogP contribution in [0.2, 0.25) is 5.02 Å². The van der Waals surface area contributed by atoms with Crippen molar-refractivity contribution in [1.29, 1.82) is 0 Å². The summed E-state index contributed by atoms with van der Waals surface area (Å²) in [7, 11) is -4.02. The van der Waals surface area contributed by atoms with E-state index >= 15 is 0 Å². The Morgan fingerprint density at radius 3 is 2.62 bits per heavy atom. The molecule has 1 aliphatic rings. The molecule has 5 rings (SSSR count). The maximum Gasteiger partial charge on any atom is 0.206 e. The summed E-state index contributed by atoms with van der Waals surface area (Å²) >= 11 is 6.13. The van der Waals surface area contributed by atoms with Gasteiger partial charge in [-0.15, -0.1) is 0 Å². The van der Waals surface area contributed by atoms with Gasteiger partial charge >= 0.3 is 0 Å². The van der Waals surface area contributed by atoms with E-state index < -0.39 is 33.4 Å². The average molecular weight is 503 g/mol. The minimum Gasteiger partial charge on any atom is -0.485 e. The van der Waals surface area contributed by atoms with Crippen molar-refractivity contribution in [2.75, 3.05) is 5.32 Å². The van der Waals surface area contributed by atoms with Gasteiger partial charge in [0.15, 0.2) is 11.4 Å². The predicted octanol–water partition coefficient (Wildman–Crippen LogP) is 5.14. The Morgan fingerprint density at radius 2 is 1.85 bits per heavy atom. The lowest BCUT2D eigenvalue weighted by atomic mass is 9.86. The number of nitrogens with one attached hydrogen (secondary N) is 1. The van der Waals surface area contributed by atoms with Crippen LogP contribution in [0.15, 0.2) is 75.0 Å². The number of benzene rings is 3. The summed E-state index contributed by atoms with van der Waals surface area (Å²) in [6.07, 6.45) is -1.09. The SMILES string of the molecule is CC1(C)Oc2ccc(S(=O)(=O)c3cccc(F)c3)cc2[C@@H](Nc2noc3ccc(Cl)cc23)[C@@H]1O. The van der Waals surface area contributed by atoms with Crippen molar-refractivity contribution in [1.82, 2.24) is 5.16 Å². The van der Waals surface area contributed by atoms with Crippen molar-refractivity contribution >= 4 is 38.2 Å². The number of ether oxygens (including phenoxy) is 1. The summed E-state index contributed by atoms with van der Waals surface area (Å²) in [6.45, 7) is 3.45. The number of hydrogen-bond donors (Lipinski definition) is 2. The van der Waals surface area contributed by atoms with Gasteiger partial charge in [0.2, 0.25) is 9.84 Å². The van der Waals surface area contributed by atoms with Crippen LogP contribution in [0.1, 0.15) is 25.5 Å². The first-order valence-corrected chi connectivity index (χ1v) is 12.3. The average Bonchev–Trinajstić information content (AvgIpc) is 3.18. The number of fused-ring (bicyclic) bond motifs is 2. The maximum absolute atomic E-state index is 13.7. The largest absolute Gasteiger partial charge is 0.485 e. The van der Waals surface area contributed by atoms with Crippen LogP contribution in [0.25, 0.3) is 11.0 Å². The second-order valence-corrected chi connectivity index (χ2v) is 11.0. The number of hydrogen-bond acceptors (Lipinski definition) is 7. The molecule has 7 nitrogen and oxygen atoms in total. The van der Waals surface area contributed by atoms with Gasteiger partial charge in [0.25, 0.3) is 0 Å². The van der Waals surface area contributed by atoms with Gasteiger partial charge in [-0.1, -0.05) is 22.8 Å². The highest BCUT2D eigenvalue weighted by Crippen LogP contribution is 2.43. The highest BCUT2D eigenvalue weighted by molar-refractivity contribution is 7.91. The van der Waals surface area contributed by atoms with Crippen LogP contribution in [0.3, 0.4) is 0 Å². The predicted molar refractivity (Wildman–Crippen MR) is 124 cm³/mol. The van der Waals surface area contributed by atoms with Crippen molar-refractivity contribution in [3.8, 4) is 5.75 Å². The van der Waals surface area contributed by atoms with Gasteiger partial charge in [-0.2, -0.15) is 0 Å². The summed E-state index contributed by atoms with van der Waals surface area (Å²) in [5.41, 5.74) is -0.0945. The summed E-state index contributed by atoms with van der Waals surface area (Å²) < 4.78 is 51.4. The molecular weight excluding hydrogens is 483 g/mol. The van der Waals surface area contributed by atoms with Gasteiger partial charge < -0.3 is 19.7 Å². The van der Waals surface area contributed by atoms with Gasteiger partial charge in [-0.25, -0.2) is 12.8 Å². The summed E-state index contributed by atoms with van der Waals surface area (Å²) in [4.78, 5) is -0.237. The summed E-state index contributed by atoms with van der Waals surface area (Å²) in [5.74, 6) is 0.0797. The van der Waals surface area contributed by atoms with Gasteiger partial charge in [0.05, 0.1) is 21.2 Å². The van der Waals surface area contributed by atoms with Crippen LogP contribution < -0.4 is 10.1 Å². The standard InChI is InChI=1S/C24H20ClFN2O5S/c1-24(2)22(29)21(27-23-18-10-13(25)6-8-20(18)33-28-23)17-12-16(7-9-19(17)32-24)34(30,31)15-5-3-4-14(26)11-15/h3-12,21-22,29H,1-2H3,(H,27,28)/t21-,22+/m1/s1. The molecule has 1 aromatic heterocycles. The highest BCUT2D eigenvalue weighted by Gasteiger charge is 2.44. The lowest BCUT2D eigenvalue weighted by molar-refractivity contribution is -0.0534. The molecule has 2 N–H and O–H groups in total. The van der Waals surface area contributed by atoms with Crippen LogP contribution in [0.5, 0.6) is 5.75 Å². The number of sulfone groups is 1. The van der Waals surface area contributed by atoms with E-state index in [1.54, 1.807) is 32.0 Å². The molecule has 0 unspecified atom stereocenters. The molecule has 34 heavy (non-hydrogen) atoms. The molecular formula is C24H20ClFN2O5S. The monoisotopic (exact) mass is 502 g/mol. The van der Waals surface area contributed by atoms with E-state index in [0.29, 0.717) is 33.1 Å². The number of nitrogens with zero attached hydrogens (tertiary/aromatic N) is 1. The fraction of sp³-hybridized carbons (Fsp3) is 0.208. The number of aliphatic hydroxyl groups is 1. The van der Waals surface area contributed by atoms with Crippen molar-refractivity contribution < 1.29 is 27.2 Å². The fourth-order valence-electron chi connectivity index (χ4n) is 4.03. The van der Waals surface area contributed by atoms with E-state index in [0.717, 1.165) is 6.07 Å². The number of aromatic nitrogens is 1. The van der Waals surface area contributed by atoms with Crippen molar-refractivity contribution in [2.45, 2.75) is 41.4 Å². The third-order valence-corrected chi connectivity index (χ3v) is 7.84. The summed E-state index contributed by atoms with van der Waals surface area (Å²) in [5, 5.41) is 19.5. The van der Waals surface area contributed by atoms with Crippen molar-refractivity contribution in [3.63, 3.8) is 0 Å². The third-order valence-electron chi connectivity index (χ3n) is 5.86. The quantitative estimate of drug-likeness (QED) is 0.398. The van der Waals surface area contributed by atoms with Crippen molar-refractivity contribution in [3.05, 3.63) is 77.1 Å². The first-order chi connectivity index (χ1) is 16.1. The lowest BCUT2D eigenvalue weighted by Gasteiger charge is -2.42. The Bertz CT molecular complexity index is 1520. The molecule has 0 aliphatic carbocycles. The van der Waals surface area contributed by atoms with Gasteiger partial charge in [0, 0.05) is 10.6 Å². The molecule has 0 amide bonds. The fourth-order valence-corrected chi connectivity index (χ4v) is 5.53. The van der Waals surface area contributed by atoms with Gasteiger partial charge in [0.1, 0.15) is 23.3 Å². The number of anilines is 1. The zero-order valence-electron chi connectivity index (χ0n) is 18.1. The molecule has 0 fully saturated rings. The van der Waals surface area contributed by atoms with E-state index in [-0.39, 0.29) is 9.79 Å². The molecule has 1 aliphatic heterocycles. The Morgan fingerprint density at radius 1 is 1.09 bits per heavy atom. The molecule has 4 aromatic rings. The summed E-state index contributed by atoms with van der Waals surface area (Å²) in [6, 6.07) is 13.4. The number of rotatable bonds is 4. The molecule has 2 atom stereocenters. The number of aliphatic hydroxyl groups excluding tert-OH is 1. The Labute approximate surface area is 200 Å². The van der Waals surface area contributed by atoms with Gasteiger partial charge in [-0.3, -0.25) is 0 Å². The zero-order valence-corrected chi connectivity index (χ0v) is 19.7. The van der Waals surface area contributed by atoms with Crippen LogP contribution in [0, 0.1) is 5.82 Å². The number of halogens is 2. The van der Waals surface area contributed by atoms with Crippen molar-refractivity contribution in [2.24, 2.45) is 0 Å². The Hall–Kier alpha value is -3.14. The first-order valence-electron chi connectivity index (χ1n) is 10.4. The second kappa shape index (κ2) is 7.97. The molecule has 3 aromatic carbocycles. The van der Waals surface area contributed by atoms with E-state index in [4.69, 9.17) is 20.9 Å². The molecule has 0 bridgehead atoms. The molecule has 0 radical (unpaired) electrons. The molecule has 10 heteroatoms. The van der Waals surface area contributed by atoms with E-state index in [1.165, 1.54) is 36.4 Å². The minimum absolute atomic E-state index is 0.0628. The molecule has 0 spiro atoms. The zero-order chi connectivity index (χ0) is 24.3. The highest BCUT2D eigenvalue weighted by atomic mass is 35.5. The third kappa shape index (κ3) is 3.79. The lowest BCUT2D eigenvalue weighted by Crippen LogP contribution is -2.50. The van der Waals surface area contributed by atoms with E-state index in [9.17, 15) is 17.9 Å². The second-order valence-electron chi connectivity index (χ2n) is 8.60. The topological polar surface area (TPSA) is 102 Å². The Kier molecular flexibility index (Phi) is 5.31. The normalized spacial score (nSPS) is 19.4. The van der Waals surface area contributed by atoms with E-state index in [1.807, 2.05) is 0 Å².